The predicted octanol–water partition coefficient (Wildman–Crippen LogP) is 3.92. The van der Waals surface area contributed by atoms with Gasteiger partial charge in [0.25, 0.3) is 0 Å². The van der Waals surface area contributed by atoms with Crippen molar-refractivity contribution in [2.45, 2.75) is 19.6 Å². The van der Waals surface area contributed by atoms with Crippen LogP contribution in [0.2, 0.25) is 0 Å². The van der Waals surface area contributed by atoms with E-state index in [1.807, 2.05) is 0 Å². The second-order valence-electron chi connectivity index (χ2n) is 5.96. The number of hydrogen-bond acceptors (Lipinski definition) is 4. The molecule has 0 atom stereocenters. The Kier molecular flexibility index (Phi) is 7.29. The van der Waals surface area contributed by atoms with Crippen LogP contribution in [0.5, 0.6) is 11.5 Å². The van der Waals surface area contributed by atoms with Crippen molar-refractivity contribution in [3.8, 4) is 11.5 Å². The molecule has 0 aliphatic rings. The number of carbonyl (C=O) groups is 2. The lowest BCUT2D eigenvalue weighted by molar-refractivity contribution is -0.153. The number of nitrogens with one attached hydrogen (secondary N) is 3. The van der Waals surface area contributed by atoms with Gasteiger partial charge in [0.05, 0.1) is 12.8 Å². The Morgan fingerprint density at radius 1 is 1.07 bits per heavy atom. The van der Waals surface area contributed by atoms with Crippen LogP contribution in [0.25, 0.3) is 0 Å². The van der Waals surface area contributed by atoms with Gasteiger partial charge in [-0.15, -0.1) is 0 Å². The van der Waals surface area contributed by atoms with Crippen LogP contribution in [0.15, 0.2) is 42.5 Å². The molecular formula is C19H20F3N3O4. The first-order valence-electron chi connectivity index (χ1n) is 8.45. The minimum absolute atomic E-state index is 0.0559. The SMILES string of the molecule is COc1cc(NC(=O)NCc2cccc(OCC(F)(F)F)c2)ccc1NC(C)=O. The molecule has 2 aromatic rings. The van der Waals surface area contributed by atoms with Crippen molar-refractivity contribution < 1.29 is 32.2 Å². The first-order valence-corrected chi connectivity index (χ1v) is 8.45. The summed E-state index contributed by atoms with van der Waals surface area (Å²) in [5, 5.41) is 7.80. The van der Waals surface area contributed by atoms with Gasteiger partial charge in [-0.2, -0.15) is 13.2 Å². The lowest BCUT2D eigenvalue weighted by atomic mass is 10.2. The quantitative estimate of drug-likeness (QED) is 0.645. The van der Waals surface area contributed by atoms with E-state index in [1.165, 1.54) is 38.3 Å². The van der Waals surface area contributed by atoms with Gasteiger partial charge in [-0.1, -0.05) is 12.1 Å². The fraction of sp³-hybridized carbons (Fsp3) is 0.263. The van der Waals surface area contributed by atoms with E-state index in [1.54, 1.807) is 18.2 Å². The normalized spacial score (nSPS) is 10.8. The molecule has 0 heterocycles. The van der Waals surface area contributed by atoms with Gasteiger partial charge in [-0.05, 0) is 29.8 Å². The molecule has 0 unspecified atom stereocenters. The van der Waals surface area contributed by atoms with E-state index < -0.39 is 18.8 Å². The molecule has 156 valence electrons. The fourth-order valence-electron chi connectivity index (χ4n) is 2.33. The monoisotopic (exact) mass is 411 g/mol. The number of ether oxygens (including phenoxy) is 2. The Labute approximate surface area is 165 Å². The molecule has 3 N–H and O–H groups in total. The van der Waals surface area contributed by atoms with E-state index in [0.29, 0.717) is 22.7 Å². The van der Waals surface area contributed by atoms with Crippen LogP contribution in [0.1, 0.15) is 12.5 Å². The maximum atomic E-state index is 12.2. The van der Waals surface area contributed by atoms with E-state index in [0.717, 1.165) is 0 Å². The van der Waals surface area contributed by atoms with Crippen LogP contribution in [0.4, 0.5) is 29.3 Å². The van der Waals surface area contributed by atoms with Crippen molar-refractivity contribution in [3.05, 3.63) is 48.0 Å². The summed E-state index contributed by atoms with van der Waals surface area (Å²) in [6.45, 7) is 0.0546. The molecule has 0 fully saturated rings. The first-order chi connectivity index (χ1) is 13.7. The summed E-state index contributed by atoms with van der Waals surface area (Å²) >= 11 is 0. The second-order valence-corrected chi connectivity index (χ2v) is 5.96. The van der Waals surface area contributed by atoms with Gasteiger partial charge < -0.3 is 25.4 Å². The molecule has 0 radical (unpaired) electrons. The highest BCUT2D eigenvalue weighted by molar-refractivity contribution is 5.93. The molecule has 29 heavy (non-hydrogen) atoms. The number of halogens is 3. The minimum atomic E-state index is -4.43. The molecule has 0 aliphatic heterocycles. The molecule has 0 spiro atoms. The van der Waals surface area contributed by atoms with Crippen LogP contribution in [0, 0.1) is 0 Å². The third kappa shape index (κ3) is 7.60. The minimum Gasteiger partial charge on any atom is -0.494 e. The molecule has 0 bridgehead atoms. The maximum absolute atomic E-state index is 12.2. The zero-order chi connectivity index (χ0) is 21.4. The van der Waals surface area contributed by atoms with E-state index in [-0.39, 0.29) is 18.2 Å². The summed E-state index contributed by atoms with van der Waals surface area (Å²) in [6.07, 6.45) is -4.43. The van der Waals surface area contributed by atoms with Crippen LogP contribution >= 0.6 is 0 Å². The Morgan fingerprint density at radius 3 is 2.48 bits per heavy atom. The molecule has 2 aromatic carbocycles. The molecule has 10 heteroatoms. The van der Waals surface area contributed by atoms with E-state index in [4.69, 9.17) is 4.74 Å². The van der Waals surface area contributed by atoms with Crippen molar-refractivity contribution in [2.24, 2.45) is 0 Å². The molecule has 3 amide bonds. The van der Waals surface area contributed by atoms with Crippen LogP contribution in [-0.4, -0.2) is 31.8 Å². The van der Waals surface area contributed by atoms with Gasteiger partial charge in [0.15, 0.2) is 6.61 Å². The largest absolute Gasteiger partial charge is 0.494 e. The molecular weight excluding hydrogens is 391 g/mol. The van der Waals surface area contributed by atoms with Gasteiger partial charge >= 0.3 is 12.2 Å². The van der Waals surface area contributed by atoms with Gasteiger partial charge in [-0.25, -0.2) is 4.79 Å². The summed E-state index contributed by atoms with van der Waals surface area (Å²) < 4.78 is 46.5. The Bertz CT molecular complexity index is 872. The molecule has 7 nitrogen and oxygen atoms in total. The van der Waals surface area contributed by atoms with Crippen LogP contribution < -0.4 is 25.4 Å². The molecule has 0 aromatic heterocycles. The zero-order valence-corrected chi connectivity index (χ0v) is 15.7. The molecule has 0 aliphatic carbocycles. The van der Waals surface area contributed by atoms with Crippen molar-refractivity contribution in [2.75, 3.05) is 24.4 Å². The second kappa shape index (κ2) is 9.67. The van der Waals surface area contributed by atoms with Crippen molar-refractivity contribution in [1.29, 1.82) is 0 Å². The number of urea groups is 1. The average Bonchev–Trinajstić information content (AvgIpc) is 2.65. The summed E-state index contributed by atoms with van der Waals surface area (Å²) in [5.74, 6) is 0.163. The van der Waals surface area contributed by atoms with Crippen molar-refractivity contribution in [1.82, 2.24) is 5.32 Å². The number of methoxy groups -OCH3 is 1. The van der Waals surface area contributed by atoms with Gasteiger partial charge in [0.1, 0.15) is 11.5 Å². The smallest absolute Gasteiger partial charge is 0.422 e. The van der Waals surface area contributed by atoms with E-state index in [9.17, 15) is 22.8 Å². The summed E-state index contributed by atoms with van der Waals surface area (Å²) in [7, 11) is 1.43. The Balaban J connectivity index is 1.92. The molecule has 0 saturated heterocycles. The number of benzene rings is 2. The predicted molar refractivity (Wildman–Crippen MR) is 101 cm³/mol. The average molecular weight is 411 g/mol. The number of alkyl halides is 3. The first kappa shape index (κ1) is 21.9. The fourth-order valence-corrected chi connectivity index (χ4v) is 2.33. The Hall–Kier alpha value is -3.43. The highest BCUT2D eigenvalue weighted by Gasteiger charge is 2.28. The Morgan fingerprint density at radius 2 is 1.83 bits per heavy atom. The van der Waals surface area contributed by atoms with Crippen molar-refractivity contribution in [3.63, 3.8) is 0 Å². The highest BCUT2D eigenvalue weighted by atomic mass is 19.4. The number of anilines is 2. The highest BCUT2D eigenvalue weighted by Crippen LogP contribution is 2.28. The zero-order valence-electron chi connectivity index (χ0n) is 15.7. The lowest BCUT2D eigenvalue weighted by Crippen LogP contribution is -2.28. The maximum Gasteiger partial charge on any atom is 0.422 e. The molecule has 2 rings (SSSR count). The van der Waals surface area contributed by atoms with Crippen LogP contribution in [-0.2, 0) is 11.3 Å². The number of rotatable bonds is 7. The van der Waals surface area contributed by atoms with E-state index in [2.05, 4.69) is 20.7 Å². The third-order valence-electron chi connectivity index (χ3n) is 3.52. The van der Waals surface area contributed by atoms with Gasteiger partial charge in [-0.3, -0.25) is 4.79 Å². The lowest BCUT2D eigenvalue weighted by Gasteiger charge is -2.13. The summed E-state index contributed by atoms with van der Waals surface area (Å²) in [5.41, 5.74) is 1.45. The van der Waals surface area contributed by atoms with E-state index >= 15 is 0 Å². The number of carbonyl (C=O) groups excluding carboxylic acids is 2. The summed E-state index contributed by atoms with van der Waals surface area (Å²) in [6, 6.07) is 10.2. The standard InChI is InChI=1S/C19H20F3N3O4/c1-12(26)24-16-7-6-14(9-17(16)28-2)25-18(27)23-10-13-4-3-5-15(8-13)29-11-19(20,21)22/h3-9H,10-11H2,1-2H3,(H,24,26)(H2,23,25,27). The molecule has 0 saturated carbocycles. The van der Waals surface area contributed by atoms with Crippen molar-refractivity contribution >= 4 is 23.3 Å². The number of amides is 3. The van der Waals surface area contributed by atoms with Gasteiger partial charge in [0.2, 0.25) is 5.91 Å². The number of hydrogen-bond donors (Lipinski definition) is 3. The third-order valence-corrected chi connectivity index (χ3v) is 3.52. The van der Waals surface area contributed by atoms with Gasteiger partial charge in [0, 0.05) is 25.2 Å². The topological polar surface area (TPSA) is 88.7 Å². The van der Waals surface area contributed by atoms with Crippen LogP contribution in [0.3, 0.4) is 0 Å². The summed E-state index contributed by atoms with van der Waals surface area (Å²) in [4.78, 5) is 23.2.